The fraction of sp³-hybridized carbons (Fsp3) is 0.286. The van der Waals surface area contributed by atoms with Crippen LogP contribution in [0.15, 0.2) is 34.0 Å². The molecule has 5 nitrogen and oxygen atoms in total. The number of nitrogens with zero attached hydrogens (tertiary/aromatic N) is 2. The van der Waals surface area contributed by atoms with Gasteiger partial charge in [0.1, 0.15) is 0 Å². The van der Waals surface area contributed by atoms with Gasteiger partial charge >= 0.3 is 5.69 Å². The molecule has 1 aromatic carbocycles. The molecular weight excluding hydrogens is 278 g/mol. The van der Waals surface area contributed by atoms with Crippen molar-refractivity contribution in [2.24, 2.45) is 14.1 Å². The van der Waals surface area contributed by atoms with E-state index in [0.29, 0.717) is 17.1 Å². The molecule has 0 fully saturated rings. The largest absolute Gasteiger partial charge is 0.380 e. The minimum Gasteiger partial charge on any atom is -0.380 e. The summed E-state index contributed by atoms with van der Waals surface area (Å²) in [7, 11) is 3.10. The molecule has 6 heteroatoms. The van der Waals surface area contributed by atoms with Crippen molar-refractivity contribution >= 4 is 17.3 Å². The summed E-state index contributed by atoms with van der Waals surface area (Å²) in [6.45, 7) is 2.29. The third-order valence-electron chi connectivity index (χ3n) is 3.18. The van der Waals surface area contributed by atoms with E-state index in [9.17, 15) is 9.59 Å². The van der Waals surface area contributed by atoms with Crippen molar-refractivity contribution in [3.05, 3.63) is 61.4 Å². The number of nitrogens with one attached hydrogen (secondary N) is 1. The standard InChI is InChI=1S/C14H16ClN3O2/c1-9-6-11(15)4-5-12(9)16-7-10-8-17(2)14(20)18(3)13(10)19/h4-6,8,16H,7H2,1-3H3. The molecule has 0 bridgehead atoms. The molecule has 1 N–H and O–H groups in total. The van der Waals surface area contributed by atoms with Gasteiger partial charge < -0.3 is 9.88 Å². The van der Waals surface area contributed by atoms with Crippen LogP contribution in [0.4, 0.5) is 5.69 Å². The maximum absolute atomic E-state index is 12.0. The Hall–Kier alpha value is -2.01. The quantitative estimate of drug-likeness (QED) is 0.936. The number of hydrogen-bond acceptors (Lipinski definition) is 3. The second-order valence-corrected chi connectivity index (χ2v) is 5.16. The van der Waals surface area contributed by atoms with E-state index in [1.165, 1.54) is 11.6 Å². The molecule has 0 atom stereocenters. The highest BCUT2D eigenvalue weighted by molar-refractivity contribution is 6.30. The number of anilines is 1. The Bertz CT molecular complexity index is 762. The van der Waals surface area contributed by atoms with Crippen molar-refractivity contribution in [2.45, 2.75) is 13.5 Å². The van der Waals surface area contributed by atoms with Crippen LogP contribution in [-0.4, -0.2) is 9.13 Å². The van der Waals surface area contributed by atoms with Gasteiger partial charge in [-0.3, -0.25) is 9.36 Å². The molecule has 1 heterocycles. The van der Waals surface area contributed by atoms with Gasteiger partial charge in [-0.2, -0.15) is 0 Å². The van der Waals surface area contributed by atoms with E-state index >= 15 is 0 Å². The SMILES string of the molecule is Cc1cc(Cl)ccc1NCc1cn(C)c(=O)n(C)c1=O. The first-order valence-corrected chi connectivity index (χ1v) is 6.53. The Morgan fingerprint density at radius 3 is 2.60 bits per heavy atom. The third kappa shape index (κ3) is 2.77. The predicted octanol–water partition coefficient (Wildman–Crippen LogP) is 1.66. The van der Waals surface area contributed by atoms with E-state index in [4.69, 9.17) is 11.6 Å². The van der Waals surface area contributed by atoms with Crippen LogP contribution in [-0.2, 0) is 20.6 Å². The molecule has 2 aromatic rings. The zero-order valence-corrected chi connectivity index (χ0v) is 12.4. The molecular formula is C14H16ClN3O2. The van der Waals surface area contributed by atoms with Gasteiger partial charge in [0.05, 0.1) is 5.56 Å². The predicted molar refractivity (Wildman–Crippen MR) is 80.4 cm³/mol. The van der Waals surface area contributed by atoms with Gasteiger partial charge in [-0.25, -0.2) is 4.79 Å². The highest BCUT2D eigenvalue weighted by Gasteiger charge is 2.07. The van der Waals surface area contributed by atoms with E-state index in [0.717, 1.165) is 15.8 Å². The number of aromatic nitrogens is 2. The van der Waals surface area contributed by atoms with E-state index in [1.54, 1.807) is 19.3 Å². The van der Waals surface area contributed by atoms with Gasteiger partial charge in [0.25, 0.3) is 5.56 Å². The lowest BCUT2D eigenvalue weighted by Crippen LogP contribution is -2.38. The average molecular weight is 294 g/mol. The Morgan fingerprint density at radius 1 is 1.25 bits per heavy atom. The number of benzene rings is 1. The van der Waals surface area contributed by atoms with Gasteiger partial charge in [-0.05, 0) is 30.7 Å². The van der Waals surface area contributed by atoms with Gasteiger partial charge in [0.15, 0.2) is 0 Å². The molecule has 0 spiro atoms. The summed E-state index contributed by atoms with van der Waals surface area (Å²) >= 11 is 5.90. The van der Waals surface area contributed by atoms with Gasteiger partial charge in [-0.15, -0.1) is 0 Å². The molecule has 2 rings (SSSR count). The van der Waals surface area contributed by atoms with Gasteiger partial charge in [0.2, 0.25) is 0 Å². The summed E-state index contributed by atoms with van der Waals surface area (Å²) in [6, 6.07) is 5.50. The van der Waals surface area contributed by atoms with Crippen molar-refractivity contribution in [3.63, 3.8) is 0 Å². The topological polar surface area (TPSA) is 56.0 Å². The maximum atomic E-state index is 12.0. The van der Waals surface area contributed by atoms with E-state index in [1.807, 2.05) is 19.1 Å². The summed E-state index contributed by atoms with van der Waals surface area (Å²) in [6.07, 6.45) is 1.56. The molecule has 1 aromatic heterocycles. The molecule has 0 saturated heterocycles. The molecule has 106 valence electrons. The number of hydrogen-bond donors (Lipinski definition) is 1. The van der Waals surface area contributed by atoms with Crippen molar-refractivity contribution in [1.29, 1.82) is 0 Å². The third-order valence-corrected chi connectivity index (χ3v) is 3.41. The van der Waals surface area contributed by atoms with Crippen LogP contribution in [0, 0.1) is 6.92 Å². The molecule has 20 heavy (non-hydrogen) atoms. The van der Waals surface area contributed by atoms with Crippen LogP contribution >= 0.6 is 11.6 Å². The normalized spacial score (nSPS) is 10.6. The fourth-order valence-electron chi connectivity index (χ4n) is 2.02. The average Bonchev–Trinajstić information content (AvgIpc) is 2.40. The minimum absolute atomic E-state index is 0.285. The number of rotatable bonds is 3. The number of halogens is 1. The molecule has 0 amide bonds. The molecule has 0 unspecified atom stereocenters. The summed E-state index contributed by atoms with van der Waals surface area (Å²) < 4.78 is 2.50. The first-order chi connectivity index (χ1) is 9.40. The van der Waals surface area contributed by atoms with Crippen LogP contribution in [0.1, 0.15) is 11.1 Å². The highest BCUT2D eigenvalue weighted by Crippen LogP contribution is 2.19. The van der Waals surface area contributed by atoms with E-state index in [2.05, 4.69) is 5.32 Å². The maximum Gasteiger partial charge on any atom is 0.330 e. The van der Waals surface area contributed by atoms with Crippen molar-refractivity contribution in [1.82, 2.24) is 9.13 Å². The summed E-state index contributed by atoms with van der Waals surface area (Å²) in [5, 5.41) is 3.86. The summed E-state index contributed by atoms with van der Waals surface area (Å²) in [4.78, 5) is 23.6. The lowest BCUT2D eigenvalue weighted by atomic mass is 10.2. The fourth-order valence-corrected chi connectivity index (χ4v) is 2.25. The Kier molecular flexibility index (Phi) is 3.99. The smallest absolute Gasteiger partial charge is 0.330 e. The Labute approximate surface area is 121 Å². The summed E-state index contributed by atoms with van der Waals surface area (Å²) in [5.74, 6) is 0. The first kappa shape index (κ1) is 14.4. The van der Waals surface area contributed by atoms with Crippen LogP contribution in [0.2, 0.25) is 5.02 Å². The van der Waals surface area contributed by atoms with Crippen LogP contribution in [0.25, 0.3) is 0 Å². The molecule has 0 aliphatic heterocycles. The molecule has 0 saturated carbocycles. The number of aryl methyl sites for hydroxylation is 2. The Balaban J connectivity index is 2.28. The second kappa shape index (κ2) is 5.54. The van der Waals surface area contributed by atoms with Crippen molar-refractivity contribution in [3.8, 4) is 0 Å². The van der Waals surface area contributed by atoms with Gasteiger partial charge in [0, 0.05) is 37.5 Å². The monoisotopic (exact) mass is 293 g/mol. The van der Waals surface area contributed by atoms with Crippen LogP contribution in [0.3, 0.4) is 0 Å². The lowest BCUT2D eigenvalue weighted by molar-refractivity contribution is 0.671. The first-order valence-electron chi connectivity index (χ1n) is 6.15. The zero-order chi connectivity index (χ0) is 14.9. The van der Waals surface area contributed by atoms with Crippen LogP contribution in [0.5, 0.6) is 0 Å². The van der Waals surface area contributed by atoms with Gasteiger partial charge in [-0.1, -0.05) is 11.6 Å². The Morgan fingerprint density at radius 2 is 1.95 bits per heavy atom. The van der Waals surface area contributed by atoms with Crippen molar-refractivity contribution < 1.29 is 0 Å². The molecule has 0 aliphatic carbocycles. The highest BCUT2D eigenvalue weighted by atomic mass is 35.5. The van der Waals surface area contributed by atoms with Crippen LogP contribution < -0.4 is 16.6 Å². The van der Waals surface area contributed by atoms with E-state index < -0.39 is 0 Å². The summed E-state index contributed by atoms with van der Waals surface area (Å²) in [5.41, 5.74) is 1.82. The lowest BCUT2D eigenvalue weighted by Gasteiger charge is -2.11. The van der Waals surface area contributed by atoms with Crippen molar-refractivity contribution in [2.75, 3.05) is 5.32 Å². The van der Waals surface area contributed by atoms with E-state index in [-0.39, 0.29) is 11.2 Å². The zero-order valence-electron chi connectivity index (χ0n) is 11.6. The molecule has 0 aliphatic rings. The second-order valence-electron chi connectivity index (χ2n) is 4.72. The minimum atomic E-state index is -0.332. The molecule has 0 radical (unpaired) electrons.